The molecule has 0 bridgehead atoms. The van der Waals surface area contributed by atoms with Crippen LogP contribution in [0.15, 0.2) is 42.6 Å². The number of halogens is 3. The Bertz CT molecular complexity index is 775. The minimum Gasteiger partial charge on any atom is -0.354 e. The number of pyridine rings is 1. The van der Waals surface area contributed by atoms with Gasteiger partial charge < -0.3 is 9.80 Å². The summed E-state index contributed by atoms with van der Waals surface area (Å²) >= 11 is 0. The van der Waals surface area contributed by atoms with Crippen LogP contribution in [0.1, 0.15) is 18.4 Å². The van der Waals surface area contributed by atoms with Crippen molar-refractivity contribution in [2.45, 2.75) is 19.0 Å². The molecule has 4 nitrogen and oxygen atoms in total. The topological polar surface area (TPSA) is 22.6 Å². The van der Waals surface area contributed by atoms with Gasteiger partial charge >= 0.3 is 6.18 Å². The summed E-state index contributed by atoms with van der Waals surface area (Å²) in [5, 5.41) is 0. The molecule has 1 aromatic carbocycles. The molecule has 2 fully saturated rings. The predicted molar refractivity (Wildman–Crippen MR) is 109 cm³/mol. The van der Waals surface area contributed by atoms with Gasteiger partial charge in [-0.2, -0.15) is 13.2 Å². The standard InChI is InChI=1S/C22H27F3N4/c23-22(24,25)20-6-3-18(4-7-20)19-5-8-21(26-17-19)29-15-13-28(14-16-29)12-11-27-9-1-2-10-27/h3-8,17H,1-2,9-16H2. The zero-order valence-corrected chi connectivity index (χ0v) is 16.5. The average Bonchev–Trinajstić information content (AvgIpc) is 3.26. The zero-order valence-electron chi connectivity index (χ0n) is 16.5. The Labute approximate surface area is 169 Å². The van der Waals surface area contributed by atoms with Crippen LogP contribution in [0.3, 0.4) is 0 Å². The fraction of sp³-hybridized carbons (Fsp3) is 0.500. The van der Waals surface area contributed by atoms with Gasteiger partial charge in [0.25, 0.3) is 0 Å². The number of benzene rings is 1. The van der Waals surface area contributed by atoms with Crippen molar-refractivity contribution < 1.29 is 13.2 Å². The first-order chi connectivity index (χ1) is 14.0. The van der Waals surface area contributed by atoms with E-state index in [9.17, 15) is 13.2 Å². The highest BCUT2D eigenvalue weighted by atomic mass is 19.4. The van der Waals surface area contributed by atoms with E-state index in [2.05, 4.69) is 19.7 Å². The van der Waals surface area contributed by atoms with Gasteiger partial charge in [0.05, 0.1) is 5.56 Å². The Hall–Kier alpha value is -2.12. The molecule has 156 valence electrons. The number of anilines is 1. The zero-order chi connectivity index (χ0) is 20.3. The molecule has 4 rings (SSSR count). The minimum absolute atomic E-state index is 0.631. The van der Waals surface area contributed by atoms with E-state index < -0.39 is 11.7 Å². The molecule has 0 spiro atoms. The number of piperazine rings is 1. The summed E-state index contributed by atoms with van der Waals surface area (Å²) in [5.41, 5.74) is 0.934. The summed E-state index contributed by atoms with van der Waals surface area (Å²) in [4.78, 5) is 11.9. The Morgan fingerprint density at radius 3 is 1.86 bits per heavy atom. The van der Waals surface area contributed by atoms with Gasteiger partial charge in [-0.25, -0.2) is 4.98 Å². The van der Waals surface area contributed by atoms with Gasteiger partial charge in [-0.3, -0.25) is 4.90 Å². The van der Waals surface area contributed by atoms with E-state index in [1.54, 1.807) is 6.20 Å². The minimum atomic E-state index is -4.31. The summed E-state index contributed by atoms with van der Waals surface area (Å²) in [7, 11) is 0. The Morgan fingerprint density at radius 1 is 0.724 bits per heavy atom. The maximum Gasteiger partial charge on any atom is 0.416 e. The second kappa shape index (κ2) is 8.71. The van der Waals surface area contributed by atoms with Gasteiger partial charge in [0.1, 0.15) is 5.82 Å². The molecule has 0 amide bonds. The molecular formula is C22H27F3N4. The van der Waals surface area contributed by atoms with Gasteiger partial charge in [0.2, 0.25) is 0 Å². The van der Waals surface area contributed by atoms with Crippen LogP contribution in [0.4, 0.5) is 19.0 Å². The molecule has 0 atom stereocenters. The van der Waals surface area contributed by atoms with E-state index in [-0.39, 0.29) is 0 Å². The number of hydrogen-bond acceptors (Lipinski definition) is 4. The van der Waals surface area contributed by atoms with E-state index in [1.807, 2.05) is 12.1 Å². The SMILES string of the molecule is FC(F)(F)c1ccc(-c2ccc(N3CCN(CCN4CCCC4)CC3)nc2)cc1. The van der Waals surface area contributed by atoms with E-state index in [1.165, 1.54) is 44.6 Å². The molecule has 0 N–H and O–H groups in total. The second-order valence-electron chi connectivity index (χ2n) is 7.86. The summed E-state index contributed by atoms with van der Waals surface area (Å²) in [6, 6.07) is 9.13. The molecule has 0 radical (unpaired) electrons. The normalized spacial score (nSPS) is 19.1. The van der Waals surface area contributed by atoms with Gasteiger partial charge in [-0.1, -0.05) is 12.1 Å². The Kier molecular flexibility index (Phi) is 6.06. The fourth-order valence-electron chi connectivity index (χ4n) is 4.09. The molecule has 2 aliphatic heterocycles. The van der Waals surface area contributed by atoms with Crippen LogP contribution in [0.25, 0.3) is 11.1 Å². The van der Waals surface area contributed by atoms with E-state index in [0.29, 0.717) is 0 Å². The van der Waals surface area contributed by atoms with Crippen molar-refractivity contribution in [3.8, 4) is 11.1 Å². The third-order valence-corrected chi connectivity index (χ3v) is 5.92. The maximum atomic E-state index is 12.7. The maximum absolute atomic E-state index is 12.7. The van der Waals surface area contributed by atoms with E-state index >= 15 is 0 Å². The molecule has 2 saturated heterocycles. The third-order valence-electron chi connectivity index (χ3n) is 5.92. The summed E-state index contributed by atoms with van der Waals surface area (Å²) < 4.78 is 38.1. The second-order valence-corrected chi connectivity index (χ2v) is 7.86. The first kappa shape index (κ1) is 20.2. The van der Waals surface area contributed by atoms with Crippen molar-refractivity contribution >= 4 is 5.82 Å². The number of likely N-dealkylation sites (tertiary alicyclic amines) is 1. The van der Waals surface area contributed by atoms with E-state index in [4.69, 9.17) is 0 Å². The Morgan fingerprint density at radius 2 is 1.31 bits per heavy atom. The van der Waals surface area contributed by atoms with Gasteiger partial charge in [-0.15, -0.1) is 0 Å². The molecule has 0 unspecified atom stereocenters. The van der Waals surface area contributed by atoms with Crippen molar-refractivity contribution in [2.24, 2.45) is 0 Å². The monoisotopic (exact) mass is 404 g/mol. The average molecular weight is 404 g/mol. The van der Waals surface area contributed by atoms with Crippen LogP contribution in [0.5, 0.6) is 0 Å². The van der Waals surface area contributed by atoms with Crippen LogP contribution in [0, 0.1) is 0 Å². The predicted octanol–water partition coefficient (Wildman–Crippen LogP) is 3.99. The van der Waals surface area contributed by atoms with Gasteiger partial charge in [0.15, 0.2) is 0 Å². The molecule has 2 aromatic rings. The van der Waals surface area contributed by atoms with Crippen LogP contribution < -0.4 is 4.90 Å². The lowest BCUT2D eigenvalue weighted by molar-refractivity contribution is -0.137. The number of alkyl halides is 3. The molecule has 3 heterocycles. The highest BCUT2D eigenvalue weighted by Gasteiger charge is 2.30. The lowest BCUT2D eigenvalue weighted by atomic mass is 10.1. The molecule has 7 heteroatoms. The number of rotatable bonds is 5. The molecule has 0 aliphatic carbocycles. The lowest BCUT2D eigenvalue weighted by Gasteiger charge is -2.36. The van der Waals surface area contributed by atoms with E-state index in [0.717, 1.165) is 61.8 Å². The summed E-state index contributed by atoms with van der Waals surface area (Å²) in [6.45, 7) is 8.77. The number of hydrogen-bond donors (Lipinski definition) is 0. The first-order valence-electron chi connectivity index (χ1n) is 10.3. The van der Waals surface area contributed by atoms with Gasteiger partial charge in [0, 0.05) is 51.0 Å². The summed E-state index contributed by atoms with van der Waals surface area (Å²) in [6.07, 6.45) is 0.110. The summed E-state index contributed by atoms with van der Waals surface area (Å²) in [5.74, 6) is 0.930. The van der Waals surface area contributed by atoms with Gasteiger partial charge in [-0.05, 0) is 55.8 Å². The molecule has 0 saturated carbocycles. The Balaban J connectivity index is 1.30. The van der Waals surface area contributed by atoms with Crippen molar-refractivity contribution in [3.05, 3.63) is 48.2 Å². The largest absolute Gasteiger partial charge is 0.416 e. The molecule has 29 heavy (non-hydrogen) atoms. The lowest BCUT2D eigenvalue weighted by Crippen LogP contribution is -2.48. The smallest absolute Gasteiger partial charge is 0.354 e. The van der Waals surface area contributed by atoms with Crippen molar-refractivity contribution in [2.75, 3.05) is 57.3 Å². The van der Waals surface area contributed by atoms with Crippen LogP contribution in [-0.4, -0.2) is 67.1 Å². The number of nitrogens with zero attached hydrogens (tertiary/aromatic N) is 4. The number of aromatic nitrogens is 1. The molecular weight excluding hydrogens is 377 g/mol. The van der Waals surface area contributed by atoms with Crippen LogP contribution in [-0.2, 0) is 6.18 Å². The van der Waals surface area contributed by atoms with Crippen molar-refractivity contribution in [3.63, 3.8) is 0 Å². The fourth-order valence-corrected chi connectivity index (χ4v) is 4.09. The molecule has 2 aliphatic rings. The highest BCUT2D eigenvalue weighted by Crippen LogP contribution is 2.31. The first-order valence-corrected chi connectivity index (χ1v) is 10.3. The quantitative estimate of drug-likeness (QED) is 0.752. The van der Waals surface area contributed by atoms with Crippen molar-refractivity contribution in [1.29, 1.82) is 0 Å². The van der Waals surface area contributed by atoms with Crippen LogP contribution in [0.2, 0.25) is 0 Å². The van der Waals surface area contributed by atoms with Crippen molar-refractivity contribution in [1.82, 2.24) is 14.8 Å². The van der Waals surface area contributed by atoms with Crippen LogP contribution >= 0.6 is 0 Å². The highest BCUT2D eigenvalue weighted by molar-refractivity contribution is 5.64. The molecule has 1 aromatic heterocycles. The third kappa shape index (κ3) is 5.08.